The zero-order valence-electron chi connectivity index (χ0n) is 12.8. The molecule has 22 heavy (non-hydrogen) atoms. The van der Waals surface area contributed by atoms with Gasteiger partial charge in [0.1, 0.15) is 6.61 Å². The largest absolute Gasteiger partial charge is 0.485 e. The van der Waals surface area contributed by atoms with Crippen LogP contribution < -0.4 is 14.8 Å². The Morgan fingerprint density at radius 3 is 2.82 bits per heavy atom. The first-order chi connectivity index (χ1) is 10.2. The normalized spacial score (nSPS) is 23.3. The van der Waals surface area contributed by atoms with Crippen molar-refractivity contribution in [3.05, 3.63) is 24.3 Å². The minimum atomic E-state index is -0.548. The summed E-state index contributed by atoms with van der Waals surface area (Å²) >= 11 is 0. The summed E-state index contributed by atoms with van der Waals surface area (Å²) in [6, 6.07) is 7.85. The SMILES string of the molecule is CN(CC1CCCCN1)C(=O)C1COc2ccccc2O1.Cl. The van der Waals surface area contributed by atoms with Crippen LogP contribution in [0, 0.1) is 0 Å². The maximum atomic E-state index is 12.5. The Morgan fingerprint density at radius 2 is 2.09 bits per heavy atom. The summed E-state index contributed by atoms with van der Waals surface area (Å²) in [6.07, 6.45) is 3.04. The van der Waals surface area contributed by atoms with E-state index in [1.807, 2.05) is 31.3 Å². The molecule has 2 heterocycles. The molecule has 0 aliphatic carbocycles. The van der Waals surface area contributed by atoms with Gasteiger partial charge in [0.25, 0.3) is 5.91 Å². The monoisotopic (exact) mass is 326 g/mol. The summed E-state index contributed by atoms with van der Waals surface area (Å²) in [5.74, 6) is 1.33. The minimum absolute atomic E-state index is 0. The number of nitrogens with zero attached hydrogens (tertiary/aromatic N) is 1. The molecule has 1 aromatic rings. The van der Waals surface area contributed by atoms with Crippen LogP contribution in [0.2, 0.25) is 0 Å². The van der Waals surface area contributed by atoms with Gasteiger partial charge in [0.05, 0.1) is 0 Å². The standard InChI is InChI=1S/C16H22N2O3.ClH/c1-18(10-12-6-4-5-9-17-12)16(19)15-11-20-13-7-2-3-8-14(13)21-15;/h2-3,7-8,12,15,17H,4-6,9-11H2,1H3;1H. The van der Waals surface area contributed by atoms with Gasteiger partial charge in [-0.2, -0.15) is 0 Å². The van der Waals surface area contributed by atoms with Gasteiger partial charge < -0.3 is 19.7 Å². The third-order valence-corrected chi connectivity index (χ3v) is 4.07. The van der Waals surface area contributed by atoms with Crippen molar-refractivity contribution in [2.45, 2.75) is 31.4 Å². The second-order valence-electron chi connectivity index (χ2n) is 5.73. The number of amides is 1. The molecule has 6 heteroatoms. The van der Waals surface area contributed by atoms with Gasteiger partial charge in [0.2, 0.25) is 6.10 Å². The van der Waals surface area contributed by atoms with Gasteiger partial charge in [-0.3, -0.25) is 4.79 Å². The number of likely N-dealkylation sites (N-methyl/N-ethyl adjacent to an activating group) is 1. The lowest BCUT2D eigenvalue weighted by Gasteiger charge is -2.32. The summed E-state index contributed by atoms with van der Waals surface area (Å²) < 4.78 is 11.4. The minimum Gasteiger partial charge on any atom is -0.485 e. The van der Waals surface area contributed by atoms with Crippen LogP contribution in [0.25, 0.3) is 0 Å². The van der Waals surface area contributed by atoms with Crippen LogP contribution in [0.5, 0.6) is 11.5 Å². The van der Waals surface area contributed by atoms with E-state index in [1.165, 1.54) is 12.8 Å². The molecular weight excluding hydrogens is 304 g/mol. The van der Waals surface area contributed by atoms with E-state index < -0.39 is 6.10 Å². The first-order valence-corrected chi connectivity index (χ1v) is 7.61. The number of hydrogen-bond acceptors (Lipinski definition) is 4. The van der Waals surface area contributed by atoms with Crippen LogP contribution in [0.4, 0.5) is 0 Å². The molecule has 0 spiro atoms. The number of carbonyl (C=O) groups excluding carboxylic acids is 1. The number of benzene rings is 1. The molecule has 0 bridgehead atoms. The van der Waals surface area contributed by atoms with Crippen molar-refractivity contribution >= 4 is 18.3 Å². The second kappa shape index (κ2) is 7.70. The smallest absolute Gasteiger partial charge is 0.267 e. The second-order valence-corrected chi connectivity index (χ2v) is 5.73. The number of carbonyl (C=O) groups is 1. The number of para-hydroxylation sites is 2. The fraction of sp³-hybridized carbons (Fsp3) is 0.562. The topological polar surface area (TPSA) is 50.8 Å². The molecule has 2 aliphatic heterocycles. The molecule has 1 saturated heterocycles. The Morgan fingerprint density at radius 1 is 1.32 bits per heavy atom. The van der Waals surface area contributed by atoms with Crippen molar-refractivity contribution in [2.24, 2.45) is 0 Å². The van der Waals surface area contributed by atoms with Crippen LogP contribution in [0.15, 0.2) is 24.3 Å². The number of rotatable bonds is 3. The molecule has 2 atom stereocenters. The number of halogens is 1. The number of nitrogens with one attached hydrogen (secondary N) is 1. The van der Waals surface area contributed by atoms with Crippen molar-refractivity contribution in [1.82, 2.24) is 10.2 Å². The number of fused-ring (bicyclic) bond motifs is 1. The highest BCUT2D eigenvalue weighted by molar-refractivity contribution is 5.85. The van der Waals surface area contributed by atoms with Gasteiger partial charge in [-0.1, -0.05) is 18.6 Å². The van der Waals surface area contributed by atoms with E-state index in [9.17, 15) is 4.79 Å². The maximum Gasteiger partial charge on any atom is 0.267 e. The van der Waals surface area contributed by atoms with E-state index in [2.05, 4.69) is 5.32 Å². The van der Waals surface area contributed by atoms with E-state index >= 15 is 0 Å². The first-order valence-electron chi connectivity index (χ1n) is 7.61. The highest BCUT2D eigenvalue weighted by Crippen LogP contribution is 2.31. The molecule has 1 amide bonds. The molecule has 2 aliphatic rings. The molecule has 0 radical (unpaired) electrons. The summed E-state index contributed by atoms with van der Waals surface area (Å²) in [4.78, 5) is 14.2. The number of hydrogen-bond donors (Lipinski definition) is 1. The van der Waals surface area contributed by atoms with E-state index in [-0.39, 0.29) is 24.9 Å². The first kappa shape index (κ1) is 16.9. The average Bonchev–Trinajstić information content (AvgIpc) is 2.54. The Labute approximate surface area is 137 Å². The lowest BCUT2D eigenvalue weighted by Crippen LogP contribution is -2.50. The fourth-order valence-electron chi connectivity index (χ4n) is 2.89. The zero-order valence-corrected chi connectivity index (χ0v) is 13.6. The lowest BCUT2D eigenvalue weighted by molar-refractivity contribution is -0.140. The molecule has 5 nitrogen and oxygen atoms in total. The molecule has 3 rings (SSSR count). The van der Waals surface area contributed by atoms with Crippen LogP contribution in [0.3, 0.4) is 0 Å². The van der Waals surface area contributed by atoms with Crippen molar-refractivity contribution in [1.29, 1.82) is 0 Å². The number of piperidine rings is 1. The highest BCUT2D eigenvalue weighted by atomic mass is 35.5. The van der Waals surface area contributed by atoms with Crippen molar-refractivity contribution in [3.63, 3.8) is 0 Å². The maximum absolute atomic E-state index is 12.5. The van der Waals surface area contributed by atoms with Crippen LogP contribution in [-0.4, -0.2) is 49.7 Å². The predicted molar refractivity (Wildman–Crippen MR) is 86.9 cm³/mol. The predicted octanol–water partition coefficient (Wildman–Crippen LogP) is 1.85. The Balaban J connectivity index is 0.00000176. The van der Waals surface area contributed by atoms with Gasteiger partial charge >= 0.3 is 0 Å². The quantitative estimate of drug-likeness (QED) is 0.921. The third kappa shape index (κ3) is 3.84. The van der Waals surface area contributed by atoms with Gasteiger partial charge in [-0.05, 0) is 31.5 Å². The molecule has 1 fully saturated rings. The van der Waals surface area contributed by atoms with E-state index in [0.29, 0.717) is 17.5 Å². The Bertz CT molecular complexity index is 506. The van der Waals surface area contributed by atoms with Crippen molar-refractivity contribution in [2.75, 3.05) is 26.7 Å². The van der Waals surface area contributed by atoms with Gasteiger partial charge in [0, 0.05) is 19.6 Å². The fourth-order valence-corrected chi connectivity index (χ4v) is 2.89. The molecule has 0 aromatic heterocycles. The molecule has 2 unspecified atom stereocenters. The molecular formula is C16H23ClN2O3. The van der Waals surface area contributed by atoms with Gasteiger partial charge in [-0.15, -0.1) is 12.4 Å². The summed E-state index contributed by atoms with van der Waals surface area (Å²) in [6.45, 7) is 2.04. The molecule has 1 N–H and O–H groups in total. The van der Waals surface area contributed by atoms with Crippen LogP contribution >= 0.6 is 12.4 Å². The molecule has 1 aromatic carbocycles. The van der Waals surface area contributed by atoms with Crippen molar-refractivity contribution < 1.29 is 14.3 Å². The Kier molecular flexibility index (Phi) is 5.91. The summed E-state index contributed by atoms with van der Waals surface area (Å²) in [5.41, 5.74) is 0. The lowest BCUT2D eigenvalue weighted by atomic mass is 10.0. The highest BCUT2D eigenvalue weighted by Gasteiger charge is 2.30. The average molecular weight is 327 g/mol. The molecule has 0 saturated carbocycles. The zero-order chi connectivity index (χ0) is 14.7. The Hall–Kier alpha value is -1.46. The third-order valence-electron chi connectivity index (χ3n) is 4.07. The summed E-state index contributed by atoms with van der Waals surface area (Å²) in [7, 11) is 1.84. The van der Waals surface area contributed by atoms with E-state index in [4.69, 9.17) is 9.47 Å². The van der Waals surface area contributed by atoms with E-state index in [0.717, 1.165) is 19.5 Å². The van der Waals surface area contributed by atoms with Gasteiger partial charge in [0.15, 0.2) is 11.5 Å². The van der Waals surface area contributed by atoms with E-state index in [1.54, 1.807) is 4.90 Å². The van der Waals surface area contributed by atoms with Crippen LogP contribution in [0.1, 0.15) is 19.3 Å². The van der Waals surface area contributed by atoms with Gasteiger partial charge in [-0.25, -0.2) is 0 Å². The van der Waals surface area contributed by atoms with Crippen molar-refractivity contribution in [3.8, 4) is 11.5 Å². The number of ether oxygens (including phenoxy) is 2. The molecule has 122 valence electrons. The summed E-state index contributed by atoms with van der Waals surface area (Å²) in [5, 5.41) is 3.46. The van der Waals surface area contributed by atoms with Crippen LogP contribution in [-0.2, 0) is 4.79 Å².